The van der Waals surface area contributed by atoms with Crippen LogP contribution in [-0.2, 0) is 16.1 Å². The van der Waals surface area contributed by atoms with Crippen molar-refractivity contribution >= 4 is 34.9 Å². The van der Waals surface area contributed by atoms with E-state index in [4.69, 9.17) is 32.8 Å². The molecule has 5 nitrogen and oxygen atoms in total. The fourth-order valence-electron chi connectivity index (χ4n) is 5.12. The van der Waals surface area contributed by atoms with Crippen molar-refractivity contribution in [3.8, 4) is 16.9 Å². The fraction of sp³-hybridized carbons (Fsp3) is 0.310. The van der Waals surface area contributed by atoms with E-state index in [-0.39, 0.29) is 17.9 Å². The Labute approximate surface area is 220 Å². The number of fused-ring (bicyclic) bond motifs is 1. The number of oxime groups is 1. The van der Waals surface area contributed by atoms with Crippen LogP contribution in [-0.4, -0.2) is 29.5 Å². The predicted octanol–water partition coefficient (Wildman–Crippen LogP) is 7.23. The number of halogens is 2. The van der Waals surface area contributed by atoms with Crippen LogP contribution in [0.15, 0.2) is 65.8 Å². The number of carbonyl (C=O) groups is 1. The van der Waals surface area contributed by atoms with E-state index >= 15 is 0 Å². The first-order valence-electron chi connectivity index (χ1n) is 12.1. The third-order valence-corrected chi connectivity index (χ3v) is 7.67. The van der Waals surface area contributed by atoms with Gasteiger partial charge in [0, 0.05) is 5.56 Å². The Hall–Kier alpha value is -3.02. The lowest BCUT2D eigenvalue weighted by Crippen LogP contribution is -2.33. The smallest absolute Gasteiger partial charge is 0.310 e. The average Bonchev–Trinajstić information content (AvgIpc) is 3.47. The minimum absolute atomic E-state index is 0.133. The van der Waals surface area contributed by atoms with E-state index in [0.717, 1.165) is 34.4 Å². The third-order valence-electron chi connectivity index (χ3n) is 7.04. The first kappa shape index (κ1) is 24.7. The number of carboxylic acid groups (broad SMARTS) is 1. The molecule has 186 valence electrons. The van der Waals surface area contributed by atoms with E-state index in [2.05, 4.69) is 25.1 Å². The summed E-state index contributed by atoms with van der Waals surface area (Å²) in [5, 5.41) is 14.9. The van der Waals surface area contributed by atoms with Crippen molar-refractivity contribution in [2.45, 2.75) is 38.7 Å². The summed E-state index contributed by atoms with van der Waals surface area (Å²) in [7, 11) is 0. The van der Waals surface area contributed by atoms with Gasteiger partial charge in [-0.1, -0.05) is 78.6 Å². The highest BCUT2D eigenvalue weighted by atomic mass is 35.5. The molecule has 0 fully saturated rings. The highest BCUT2D eigenvalue weighted by molar-refractivity contribution is 6.40. The van der Waals surface area contributed by atoms with Gasteiger partial charge in [0.05, 0.1) is 21.9 Å². The maximum atomic E-state index is 11.6. The molecule has 7 heteroatoms. The zero-order valence-corrected chi connectivity index (χ0v) is 21.6. The SMILES string of the molecule is CC(C)C1ON=C(c2c(Cl)cccc2Cl)C1COc1ccc(-c2ccc3c(c2)C(C(=O)O)CC3)cc1. The van der Waals surface area contributed by atoms with Gasteiger partial charge in [0.25, 0.3) is 0 Å². The number of ether oxygens (including phenoxy) is 1. The quantitative estimate of drug-likeness (QED) is 0.354. The molecule has 0 saturated heterocycles. The first-order valence-corrected chi connectivity index (χ1v) is 12.9. The summed E-state index contributed by atoms with van der Waals surface area (Å²) in [4.78, 5) is 17.4. The topological polar surface area (TPSA) is 68.1 Å². The Kier molecular flexibility index (Phi) is 6.96. The molecule has 0 amide bonds. The van der Waals surface area contributed by atoms with E-state index < -0.39 is 11.9 Å². The van der Waals surface area contributed by atoms with E-state index in [1.807, 2.05) is 36.4 Å². The van der Waals surface area contributed by atoms with E-state index in [1.165, 1.54) is 0 Å². The van der Waals surface area contributed by atoms with E-state index in [0.29, 0.717) is 34.3 Å². The molecule has 1 heterocycles. The molecular formula is C29H27Cl2NO4. The highest BCUT2D eigenvalue weighted by Crippen LogP contribution is 2.37. The molecular weight excluding hydrogens is 497 g/mol. The molecule has 0 radical (unpaired) electrons. The number of nitrogens with zero attached hydrogens (tertiary/aromatic N) is 1. The van der Waals surface area contributed by atoms with Crippen molar-refractivity contribution in [2.24, 2.45) is 17.0 Å². The van der Waals surface area contributed by atoms with Gasteiger partial charge in [-0.25, -0.2) is 0 Å². The molecule has 5 rings (SSSR count). The summed E-state index contributed by atoms with van der Waals surface area (Å²) in [6.45, 7) is 4.54. The lowest BCUT2D eigenvalue weighted by molar-refractivity contribution is -0.138. The summed E-state index contributed by atoms with van der Waals surface area (Å²) in [6, 6.07) is 19.3. The number of rotatable bonds is 7. The van der Waals surface area contributed by atoms with Crippen molar-refractivity contribution in [3.05, 3.63) is 87.4 Å². The van der Waals surface area contributed by atoms with Gasteiger partial charge in [-0.15, -0.1) is 0 Å². The van der Waals surface area contributed by atoms with Gasteiger partial charge in [0.15, 0.2) is 0 Å². The van der Waals surface area contributed by atoms with Crippen molar-refractivity contribution in [1.82, 2.24) is 0 Å². The predicted molar refractivity (Wildman–Crippen MR) is 142 cm³/mol. The molecule has 0 saturated carbocycles. The zero-order valence-electron chi connectivity index (χ0n) is 20.1. The minimum atomic E-state index is -0.758. The number of hydrogen-bond acceptors (Lipinski definition) is 4. The molecule has 1 aliphatic carbocycles. The summed E-state index contributed by atoms with van der Waals surface area (Å²) in [5.74, 6) is -0.370. The van der Waals surface area contributed by atoms with Crippen molar-refractivity contribution < 1.29 is 19.5 Å². The fourth-order valence-corrected chi connectivity index (χ4v) is 5.71. The lowest BCUT2D eigenvalue weighted by atomic mass is 9.87. The molecule has 3 atom stereocenters. The van der Waals surface area contributed by atoms with Crippen molar-refractivity contribution in [2.75, 3.05) is 6.61 Å². The second-order valence-electron chi connectivity index (χ2n) is 9.67. The Morgan fingerprint density at radius 1 is 1.08 bits per heavy atom. The Morgan fingerprint density at radius 2 is 1.78 bits per heavy atom. The van der Waals surface area contributed by atoms with Crippen LogP contribution in [0, 0.1) is 11.8 Å². The molecule has 1 aliphatic heterocycles. The number of carboxylic acids is 1. The Morgan fingerprint density at radius 3 is 2.44 bits per heavy atom. The van der Waals surface area contributed by atoms with Crippen LogP contribution in [0.2, 0.25) is 10.0 Å². The standard InChI is InChI=1S/C29H27Cl2NO4/c1-16(2)28-23(27(32-36-28)26-24(30)4-3-5-25(26)31)15-35-20-11-8-17(9-12-20)19-7-6-18-10-13-21(29(33)34)22(18)14-19/h3-9,11-12,14,16,21,23,28H,10,13,15H2,1-2H3,(H,33,34). The minimum Gasteiger partial charge on any atom is -0.493 e. The van der Waals surface area contributed by atoms with Gasteiger partial charge in [-0.3, -0.25) is 4.79 Å². The van der Waals surface area contributed by atoms with E-state index in [1.54, 1.807) is 18.2 Å². The van der Waals surface area contributed by atoms with Crippen LogP contribution in [0.5, 0.6) is 5.75 Å². The monoisotopic (exact) mass is 523 g/mol. The van der Waals surface area contributed by atoms with Crippen molar-refractivity contribution in [1.29, 1.82) is 0 Å². The van der Waals surface area contributed by atoms with Crippen LogP contribution in [0.25, 0.3) is 11.1 Å². The van der Waals surface area contributed by atoms with Crippen LogP contribution >= 0.6 is 23.2 Å². The van der Waals surface area contributed by atoms with Gasteiger partial charge in [0.2, 0.25) is 0 Å². The van der Waals surface area contributed by atoms with Crippen LogP contribution in [0.3, 0.4) is 0 Å². The van der Waals surface area contributed by atoms with E-state index in [9.17, 15) is 9.90 Å². The molecule has 0 aromatic heterocycles. The first-order chi connectivity index (χ1) is 17.3. The highest BCUT2D eigenvalue weighted by Gasteiger charge is 2.39. The van der Waals surface area contributed by atoms with Gasteiger partial charge >= 0.3 is 5.97 Å². The second kappa shape index (κ2) is 10.2. The zero-order chi connectivity index (χ0) is 25.4. The van der Waals surface area contributed by atoms with Crippen LogP contribution < -0.4 is 4.74 Å². The maximum Gasteiger partial charge on any atom is 0.310 e. The molecule has 0 spiro atoms. The molecule has 3 aromatic rings. The molecule has 3 unspecified atom stereocenters. The molecule has 36 heavy (non-hydrogen) atoms. The average molecular weight is 524 g/mol. The number of benzene rings is 3. The van der Waals surface area contributed by atoms with Crippen molar-refractivity contribution in [3.63, 3.8) is 0 Å². The second-order valence-corrected chi connectivity index (χ2v) is 10.5. The summed E-state index contributed by atoms with van der Waals surface area (Å²) >= 11 is 12.9. The van der Waals surface area contributed by atoms with Crippen LogP contribution in [0.1, 0.15) is 42.9 Å². The number of hydrogen-bond donors (Lipinski definition) is 1. The van der Waals surface area contributed by atoms with Gasteiger partial charge in [-0.05, 0) is 65.3 Å². The summed E-state index contributed by atoms with van der Waals surface area (Å²) in [6.07, 6.45) is 1.32. The van der Waals surface area contributed by atoms with Gasteiger partial charge in [-0.2, -0.15) is 0 Å². The number of aryl methyl sites for hydroxylation is 1. The molecule has 2 aliphatic rings. The summed E-state index contributed by atoms with van der Waals surface area (Å²) < 4.78 is 6.19. The third kappa shape index (κ3) is 4.70. The van der Waals surface area contributed by atoms with Crippen LogP contribution in [0.4, 0.5) is 0 Å². The molecule has 1 N–H and O–H groups in total. The number of aliphatic carboxylic acids is 1. The maximum absolute atomic E-state index is 11.6. The lowest BCUT2D eigenvalue weighted by Gasteiger charge is -2.23. The Bertz CT molecular complexity index is 1300. The summed E-state index contributed by atoms with van der Waals surface area (Å²) in [5.41, 5.74) is 5.44. The largest absolute Gasteiger partial charge is 0.493 e. The van der Waals surface area contributed by atoms with Gasteiger partial charge in [0.1, 0.15) is 24.2 Å². The van der Waals surface area contributed by atoms with Gasteiger partial charge < -0.3 is 14.7 Å². The normalized spacial score (nSPS) is 20.7. The molecule has 0 bridgehead atoms. The Balaban J connectivity index is 1.33. The molecule has 3 aromatic carbocycles.